The van der Waals surface area contributed by atoms with E-state index >= 15 is 0 Å². The van der Waals surface area contributed by atoms with Crippen LogP contribution in [-0.2, 0) is 14.9 Å². The average molecular weight is 315 g/mol. The number of nitrogens with one attached hydrogen (secondary N) is 1. The number of aliphatic carboxylic acids is 1. The summed E-state index contributed by atoms with van der Waals surface area (Å²) in [7, 11) is 0. The van der Waals surface area contributed by atoms with Gasteiger partial charge in [-0.2, -0.15) is 0 Å². The molecule has 7 heteroatoms. The summed E-state index contributed by atoms with van der Waals surface area (Å²) in [5, 5.41) is 11.3. The standard InChI is InChI=1S/C14H19ClN2O4/c1-14(2,3)10-6-9(7-11(15)17-10)13(20)16-4-5-21-8-12(18)19/h6-7H,4-5,8H2,1-3H3,(H,16,20)(H,18,19). The van der Waals surface area contributed by atoms with Gasteiger partial charge in [0.15, 0.2) is 0 Å². The summed E-state index contributed by atoms with van der Waals surface area (Å²) in [5.74, 6) is -1.35. The molecular weight excluding hydrogens is 296 g/mol. The Hall–Kier alpha value is -1.66. The molecule has 0 radical (unpaired) electrons. The Morgan fingerprint density at radius 1 is 1.38 bits per heavy atom. The first-order valence-corrected chi connectivity index (χ1v) is 6.84. The molecule has 0 aromatic carbocycles. The molecule has 6 nitrogen and oxygen atoms in total. The molecule has 0 saturated heterocycles. The lowest BCUT2D eigenvalue weighted by atomic mass is 9.91. The molecule has 0 aliphatic rings. The second kappa shape index (κ2) is 7.38. The van der Waals surface area contributed by atoms with Crippen LogP contribution in [0.15, 0.2) is 12.1 Å². The van der Waals surface area contributed by atoms with Gasteiger partial charge in [0.05, 0.1) is 6.61 Å². The van der Waals surface area contributed by atoms with Gasteiger partial charge in [-0.25, -0.2) is 9.78 Å². The minimum atomic E-state index is -1.04. The topological polar surface area (TPSA) is 88.5 Å². The van der Waals surface area contributed by atoms with E-state index in [2.05, 4.69) is 10.3 Å². The van der Waals surface area contributed by atoms with Crippen molar-refractivity contribution in [1.82, 2.24) is 10.3 Å². The molecule has 2 N–H and O–H groups in total. The highest BCUT2D eigenvalue weighted by Gasteiger charge is 2.18. The number of hydrogen-bond donors (Lipinski definition) is 2. The van der Waals surface area contributed by atoms with E-state index in [-0.39, 0.29) is 36.2 Å². The van der Waals surface area contributed by atoms with Crippen LogP contribution in [0.4, 0.5) is 0 Å². The molecule has 0 aliphatic heterocycles. The second-order valence-corrected chi connectivity index (χ2v) is 5.90. The third-order valence-corrected chi connectivity index (χ3v) is 2.78. The zero-order valence-electron chi connectivity index (χ0n) is 12.3. The predicted molar refractivity (Wildman–Crippen MR) is 78.7 cm³/mol. The quantitative estimate of drug-likeness (QED) is 0.618. The number of pyridine rings is 1. The lowest BCUT2D eigenvalue weighted by Crippen LogP contribution is -2.28. The van der Waals surface area contributed by atoms with Gasteiger partial charge in [0.2, 0.25) is 0 Å². The molecule has 1 aromatic rings. The number of halogens is 1. The number of ether oxygens (including phenoxy) is 1. The number of carbonyl (C=O) groups is 2. The SMILES string of the molecule is CC(C)(C)c1cc(C(=O)NCCOCC(=O)O)cc(Cl)n1. The minimum absolute atomic E-state index is 0.128. The van der Waals surface area contributed by atoms with Crippen LogP contribution < -0.4 is 5.32 Å². The van der Waals surface area contributed by atoms with Crippen LogP contribution in [0.2, 0.25) is 5.15 Å². The molecule has 116 valence electrons. The monoisotopic (exact) mass is 314 g/mol. The Morgan fingerprint density at radius 2 is 2.05 bits per heavy atom. The van der Waals surface area contributed by atoms with Gasteiger partial charge in [-0.05, 0) is 12.1 Å². The number of hydrogen-bond acceptors (Lipinski definition) is 4. The van der Waals surface area contributed by atoms with E-state index in [1.807, 2.05) is 20.8 Å². The molecule has 0 bridgehead atoms. The summed E-state index contributed by atoms with van der Waals surface area (Å²) in [6.45, 7) is 5.90. The van der Waals surface area contributed by atoms with Crippen molar-refractivity contribution in [1.29, 1.82) is 0 Å². The summed E-state index contributed by atoms with van der Waals surface area (Å²) in [6, 6.07) is 3.18. The van der Waals surface area contributed by atoms with Crippen molar-refractivity contribution >= 4 is 23.5 Å². The number of amides is 1. The van der Waals surface area contributed by atoms with Crippen molar-refractivity contribution in [2.45, 2.75) is 26.2 Å². The van der Waals surface area contributed by atoms with Gasteiger partial charge in [0, 0.05) is 23.2 Å². The molecule has 0 atom stereocenters. The highest BCUT2D eigenvalue weighted by Crippen LogP contribution is 2.23. The van der Waals surface area contributed by atoms with E-state index in [9.17, 15) is 9.59 Å². The lowest BCUT2D eigenvalue weighted by Gasteiger charge is -2.18. The van der Waals surface area contributed by atoms with Crippen LogP contribution in [0, 0.1) is 0 Å². The van der Waals surface area contributed by atoms with E-state index in [4.69, 9.17) is 21.4 Å². The molecule has 0 unspecified atom stereocenters. The summed E-state index contributed by atoms with van der Waals surface area (Å²) >= 11 is 5.94. The summed E-state index contributed by atoms with van der Waals surface area (Å²) in [4.78, 5) is 26.5. The van der Waals surface area contributed by atoms with Gasteiger partial charge >= 0.3 is 5.97 Å². The zero-order valence-corrected chi connectivity index (χ0v) is 13.0. The molecule has 0 spiro atoms. The van der Waals surface area contributed by atoms with Crippen molar-refractivity contribution in [3.8, 4) is 0 Å². The largest absolute Gasteiger partial charge is 0.480 e. The zero-order chi connectivity index (χ0) is 16.0. The summed E-state index contributed by atoms with van der Waals surface area (Å²) < 4.78 is 4.83. The number of carboxylic acid groups (broad SMARTS) is 1. The van der Waals surface area contributed by atoms with Gasteiger partial charge in [-0.1, -0.05) is 32.4 Å². The normalized spacial score (nSPS) is 11.2. The van der Waals surface area contributed by atoms with E-state index in [1.165, 1.54) is 6.07 Å². The molecule has 1 amide bonds. The molecule has 1 aromatic heterocycles. The Labute approximate surface area is 128 Å². The number of nitrogens with zero attached hydrogens (tertiary/aromatic N) is 1. The Balaban J connectivity index is 2.62. The van der Waals surface area contributed by atoms with Gasteiger partial charge in [-0.3, -0.25) is 4.79 Å². The highest BCUT2D eigenvalue weighted by molar-refractivity contribution is 6.29. The van der Waals surface area contributed by atoms with E-state index in [0.717, 1.165) is 5.69 Å². The van der Waals surface area contributed by atoms with E-state index < -0.39 is 5.97 Å². The van der Waals surface area contributed by atoms with Crippen molar-refractivity contribution in [3.63, 3.8) is 0 Å². The van der Waals surface area contributed by atoms with Crippen LogP contribution in [0.1, 0.15) is 36.8 Å². The lowest BCUT2D eigenvalue weighted by molar-refractivity contribution is -0.142. The molecule has 21 heavy (non-hydrogen) atoms. The third kappa shape index (κ3) is 6.10. The highest BCUT2D eigenvalue weighted by atomic mass is 35.5. The average Bonchev–Trinajstić information content (AvgIpc) is 2.36. The van der Waals surface area contributed by atoms with Crippen LogP contribution in [-0.4, -0.2) is 41.7 Å². The minimum Gasteiger partial charge on any atom is -0.480 e. The number of aromatic nitrogens is 1. The fourth-order valence-electron chi connectivity index (χ4n) is 1.51. The van der Waals surface area contributed by atoms with E-state index in [1.54, 1.807) is 6.07 Å². The maximum absolute atomic E-state index is 12.0. The van der Waals surface area contributed by atoms with Gasteiger partial charge in [-0.15, -0.1) is 0 Å². The van der Waals surface area contributed by atoms with Crippen molar-refractivity contribution < 1.29 is 19.4 Å². The van der Waals surface area contributed by atoms with Crippen LogP contribution >= 0.6 is 11.6 Å². The van der Waals surface area contributed by atoms with E-state index in [0.29, 0.717) is 5.56 Å². The van der Waals surface area contributed by atoms with Gasteiger partial charge < -0.3 is 15.2 Å². The maximum atomic E-state index is 12.0. The Morgan fingerprint density at radius 3 is 2.62 bits per heavy atom. The number of rotatable bonds is 6. The summed E-state index contributed by atoms with van der Waals surface area (Å²) in [5.41, 5.74) is 0.922. The van der Waals surface area contributed by atoms with Crippen molar-refractivity contribution in [3.05, 3.63) is 28.5 Å². The fraction of sp³-hybridized carbons (Fsp3) is 0.500. The molecule has 0 fully saturated rings. The molecule has 0 aliphatic carbocycles. The smallest absolute Gasteiger partial charge is 0.329 e. The molecule has 1 heterocycles. The molecule has 0 saturated carbocycles. The fourth-order valence-corrected chi connectivity index (χ4v) is 1.72. The second-order valence-electron chi connectivity index (χ2n) is 5.52. The summed E-state index contributed by atoms with van der Waals surface area (Å²) in [6.07, 6.45) is 0. The molecule has 1 rings (SSSR count). The van der Waals surface area contributed by atoms with Crippen LogP contribution in [0.5, 0.6) is 0 Å². The first-order valence-electron chi connectivity index (χ1n) is 6.46. The van der Waals surface area contributed by atoms with Crippen LogP contribution in [0.3, 0.4) is 0 Å². The third-order valence-electron chi connectivity index (χ3n) is 2.58. The van der Waals surface area contributed by atoms with Crippen molar-refractivity contribution in [2.75, 3.05) is 19.8 Å². The Bertz CT molecular complexity index is 526. The Kier molecular flexibility index (Phi) is 6.11. The first kappa shape index (κ1) is 17.4. The number of carboxylic acids is 1. The number of carbonyl (C=O) groups excluding carboxylic acids is 1. The first-order chi connectivity index (χ1) is 9.70. The van der Waals surface area contributed by atoms with Crippen molar-refractivity contribution in [2.24, 2.45) is 0 Å². The van der Waals surface area contributed by atoms with Crippen LogP contribution in [0.25, 0.3) is 0 Å². The molecular formula is C14H19ClN2O4. The predicted octanol–water partition coefficient (Wildman–Crippen LogP) is 1.86. The maximum Gasteiger partial charge on any atom is 0.329 e. The van der Waals surface area contributed by atoms with Gasteiger partial charge in [0.25, 0.3) is 5.91 Å². The van der Waals surface area contributed by atoms with Gasteiger partial charge in [0.1, 0.15) is 11.8 Å².